The van der Waals surface area contributed by atoms with Crippen LogP contribution in [0.15, 0.2) is 59.7 Å². The summed E-state index contributed by atoms with van der Waals surface area (Å²) in [4.78, 5) is 18.3. The second kappa shape index (κ2) is 9.24. The lowest BCUT2D eigenvalue weighted by Crippen LogP contribution is -2.05. The van der Waals surface area contributed by atoms with Gasteiger partial charge >= 0.3 is 0 Å². The summed E-state index contributed by atoms with van der Waals surface area (Å²) in [5.74, 6) is 3.05. The van der Waals surface area contributed by atoms with Crippen molar-refractivity contribution in [1.82, 2.24) is 24.5 Å². The molecule has 11 heteroatoms. The lowest BCUT2D eigenvalue weighted by Gasteiger charge is -2.15. The first-order valence-electron chi connectivity index (χ1n) is 10.2. The maximum Gasteiger partial charge on any atom is 0.232 e. The van der Waals surface area contributed by atoms with Crippen molar-refractivity contribution >= 4 is 45.8 Å². The van der Waals surface area contributed by atoms with Gasteiger partial charge < -0.3 is 24.8 Å². The van der Waals surface area contributed by atoms with Crippen LogP contribution in [-0.2, 0) is 0 Å². The third-order valence-corrected chi connectivity index (χ3v) is 5.68. The molecule has 172 valence electrons. The van der Waals surface area contributed by atoms with Crippen LogP contribution < -0.4 is 24.8 Å². The van der Waals surface area contributed by atoms with Crippen molar-refractivity contribution in [3.8, 4) is 22.9 Å². The van der Waals surface area contributed by atoms with Gasteiger partial charge in [-0.15, -0.1) is 0 Å². The van der Waals surface area contributed by atoms with Crippen molar-refractivity contribution in [1.29, 1.82) is 0 Å². The van der Waals surface area contributed by atoms with Crippen molar-refractivity contribution in [3.63, 3.8) is 0 Å². The molecule has 0 aliphatic carbocycles. The highest BCUT2D eigenvalue weighted by atomic mass is 32.1. The molecule has 5 aromatic rings. The summed E-state index contributed by atoms with van der Waals surface area (Å²) in [6.07, 6.45) is 3.43. The van der Waals surface area contributed by atoms with Crippen LogP contribution in [-0.4, -0.2) is 45.8 Å². The van der Waals surface area contributed by atoms with Gasteiger partial charge in [-0.1, -0.05) is 6.07 Å². The predicted octanol–water partition coefficient (Wildman–Crippen LogP) is 4.79. The van der Waals surface area contributed by atoms with Gasteiger partial charge in [-0.25, -0.2) is 9.97 Å². The zero-order valence-electron chi connectivity index (χ0n) is 18.6. The molecule has 0 saturated carbocycles. The van der Waals surface area contributed by atoms with Crippen LogP contribution in [0.25, 0.3) is 16.9 Å². The van der Waals surface area contributed by atoms with E-state index in [9.17, 15) is 0 Å². The summed E-state index contributed by atoms with van der Waals surface area (Å²) in [5.41, 5.74) is 2.89. The number of pyridine rings is 1. The molecule has 0 spiro atoms. The van der Waals surface area contributed by atoms with Crippen molar-refractivity contribution in [2.24, 2.45) is 0 Å². The van der Waals surface area contributed by atoms with E-state index in [4.69, 9.17) is 19.2 Å². The van der Waals surface area contributed by atoms with Gasteiger partial charge in [0, 0.05) is 29.4 Å². The minimum Gasteiger partial charge on any atom is -0.493 e. The van der Waals surface area contributed by atoms with Gasteiger partial charge in [0.1, 0.15) is 12.1 Å². The summed E-state index contributed by atoms with van der Waals surface area (Å²) in [5, 5.41) is 10.5. The number of ether oxygens (including phenoxy) is 3. The number of hydrogen-bond donors (Lipinski definition) is 2. The maximum absolute atomic E-state index is 5.48. The molecule has 1 aromatic carbocycles. The van der Waals surface area contributed by atoms with Crippen LogP contribution in [0.3, 0.4) is 0 Å². The van der Waals surface area contributed by atoms with Gasteiger partial charge in [0.05, 0.1) is 27.0 Å². The molecule has 0 bridgehead atoms. The van der Waals surface area contributed by atoms with Gasteiger partial charge in [0.25, 0.3) is 0 Å². The van der Waals surface area contributed by atoms with E-state index in [0.29, 0.717) is 51.7 Å². The minimum absolute atomic E-state index is 0.373. The Morgan fingerprint density at radius 3 is 2.38 bits per heavy atom. The molecule has 0 aliphatic heterocycles. The van der Waals surface area contributed by atoms with E-state index in [1.165, 1.54) is 0 Å². The molecular weight excluding hydrogens is 454 g/mol. The molecule has 0 radical (unpaired) electrons. The summed E-state index contributed by atoms with van der Waals surface area (Å²) < 4.78 is 18.3. The molecule has 5 rings (SSSR count). The molecule has 0 aliphatic rings. The lowest BCUT2D eigenvalue weighted by atomic mass is 10.2. The molecular formula is C23H21N7O3S. The molecule has 4 heterocycles. The Morgan fingerprint density at radius 2 is 1.74 bits per heavy atom. The summed E-state index contributed by atoms with van der Waals surface area (Å²) in [7, 11) is 4.71. The van der Waals surface area contributed by atoms with E-state index in [2.05, 4.69) is 25.6 Å². The quantitative estimate of drug-likeness (QED) is 0.328. The fourth-order valence-electron chi connectivity index (χ4n) is 3.47. The predicted molar refractivity (Wildman–Crippen MR) is 131 cm³/mol. The average molecular weight is 476 g/mol. The highest BCUT2D eigenvalue weighted by Gasteiger charge is 2.18. The first-order chi connectivity index (χ1) is 16.7. The number of nitrogens with zero attached hydrogens (tertiary/aromatic N) is 5. The SMILES string of the molecule is COc1cc(Nc2nc(Nc3ccccn3)nc3c2ncn3-c2ccsc2)cc(OC)c1OC. The van der Waals surface area contributed by atoms with E-state index in [1.54, 1.807) is 57.3 Å². The monoisotopic (exact) mass is 475 g/mol. The van der Waals surface area contributed by atoms with Crippen LogP contribution in [0.5, 0.6) is 17.2 Å². The number of anilines is 4. The number of benzene rings is 1. The first-order valence-corrected chi connectivity index (χ1v) is 11.2. The van der Waals surface area contributed by atoms with Crippen molar-refractivity contribution in [2.45, 2.75) is 0 Å². The molecule has 34 heavy (non-hydrogen) atoms. The number of methoxy groups -OCH3 is 3. The molecule has 0 fully saturated rings. The molecule has 2 N–H and O–H groups in total. The Bertz CT molecular complexity index is 1400. The molecule has 0 atom stereocenters. The number of aromatic nitrogens is 5. The van der Waals surface area contributed by atoms with Crippen molar-refractivity contribution in [3.05, 3.63) is 59.7 Å². The van der Waals surface area contributed by atoms with Crippen LogP contribution >= 0.6 is 11.3 Å². The minimum atomic E-state index is 0.373. The summed E-state index contributed by atoms with van der Waals surface area (Å²) in [6, 6.07) is 11.2. The number of imidazole rings is 1. The summed E-state index contributed by atoms with van der Waals surface area (Å²) in [6.45, 7) is 0. The molecule has 0 saturated heterocycles. The van der Waals surface area contributed by atoms with Crippen LogP contribution in [0.4, 0.5) is 23.3 Å². The Labute approximate surface area is 199 Å². The highest BCUT2D eigenvalue weighted by Crippen LogP contribution is 2.41. The highest BCUT2D eigenvalue weighted by molar-refractivity contribution is 7.08. The molecule has 4 aromatic heterocycles. The standard InChI is InChI=1S/C23H21N7O3S/c1-31-16-10-14(11-17(32-2)20(16)33-3)26-21-19-22(30(13-25-19)15-7-9-34-12-15)29-23(28-21)27-18-6-4-5-8-24-18/h4-13H,1-3H3,(H2,24,26,27,28,29). The normalized spacial score (nSPS) is 10.8. The van der Waals surface area contributed by atoms with E-state index < -0.39 is 0 Å². The first kappa shape index (κ1) is 21.5. The number of thiophene rings is 1. The number of rotatable bonds is 8. The average Bonchev–Trinajstić information content (AvgIpc) is 3.54. The van der Waals surface area contributed by atoms with Gasteiger partial charge in [-0.2, -0.15) is 21.3 Å². The molecule has 0 amide bonds. The zero-order valence-corrected chi connectivity index (χ0v) is 19.5. The molecule has 10 nitrogen and oxygen atoms in total. The molecule has 0 unspecified atom stereocenters. The maximum atomic E-state index is 5.48. The number of fused-ring (bicyclic) bond motifs is 1. The number of nitrogens with one attached hydrogen (secondary N) is 2. The fraction of sp³-hybridized carbons (Fsp3) is 0.130. The van der Waals surface area contributed by atoms with Gasteiger partial charge in [-0.05, 0) is 23.6 Å². The topological polar surface area (TPSA) is 108 Å². The third-order valence-electron chi connectivity index (χ3n) is 5.01. The van der Waals surface area contributed by atoms with E-state index in [0.717, 1.165) is 5.69 Å². The second-order valence-electron chi connectivity index (χ2n) is 7.04. The Balaban J connectivity index is 1.62. The van der Waals surface area contributed by atoms with Gasteiger partial charge in [0.15, 0.2) is 28.5 Å². The van der Waals surface area contributed by atoms with Crippen LogP contribution in [0.1, 0.15) is 0 Å². The number of hydrogen-bond acceptors (Lipinski definition) is 10. The fourth-order valence-corrected chi connectivity index (χ4v) is 4.10. The Kier molecular flexibility index (Phi) is 5.83. The van der Waals surface area contributed by atoms with Gasteiger partial charge in [-0.3, -0.25) is 4.57 Å². The van der Waals surface area contributed by atoms with Crippen molar-refractivity contribution in [2.75, 3.05) is 32.0 Å². The lowest BCUT2D eigenvalue weighted by molar-refractivity contribution is 0.324. The largest absolute Gasteiger partial charge is 0.493 e. The van der Waals surface area contributed by atoms with E-state index in [1.807, 2.05) is 39.6 Å². The van der Waals surface area contributed by atoms with Crippen LogP contribution in [0, 0.1) is 0 Å². The Hall–Kier alpha value is -4.38. The van der Waals surface area contributed by atoms with E-state index in [-0.39, 0.29) is 0 Å². The van der Waals surface area contributed by atoms with Gasteiger partial charge in [0.2, 0.25) is 11.7 Å². The Morgan fingerprint density at radius 1 is 0.912 bits per heavy atom. The van der Waals surface area contributed by atoms with Crippen molar-refractivity contribution < 1.29 is 14.2 Å². The zero-order chi connectivity index (χ0) is 23.5. The van der Waals surface area contributed by atoms with Crippen LogP contribution in [0.2, 0.25) is 0 Å². The third kappa shape index (κ3) is 4.04. The summed E-state index contributed by atoms with van der Waals surface area (Å²) >= 11 is 1.60. The smallest absolute Gasteiger partial charge is 0.232 e. The van der Waals surface area contributed by atoms with E-state index >= 15 is 0 Å². The second-order valence-corrected chi connectivity index (χ2v) is 7.82.